The summed E-state index contributed by atoms with van der Waals surface area (Å²) in [4.78, 5) is 1.10. The van der Waals surface area contributed by atoms with Gasteiger partial charge in [-0.1, -0.05) is 66.7 Å². The summed E-state index contributed by atoms with van der Waals surface area (Å²) in [6, 6.07) is 24.3. The van der Waals surface area contributed by atoms with Gasteiger partial charge in [0.05, 0.1) is 6.21 Å². The number of hydrogen-bond acceptors (Lipinski definition) is 3. The maximum atomic E-state index is 4.43. The third-order valence-corrected chi connectivity index (χ3v) is 3.79. The molecule has 2 aromatic carbocycles. The molecule has 102 valence electrons. The van der Waals surface area contributed by atoms with E-state index in [0.29, 0.717) is 0 Å². The van der Waals surface area contributed by atoms with Crippen molar-refractivity contribution < 1.29 is 0 Å². The maximum Gasteiger partial charge on any atom is 0.100 e. The molecule has 0 aliphatic rings. The predicted octanol–water partition coefficient (Wildman–Crippen LogP) is 4.62. The molecule has 0 N–H and O–H groups in total. The van der Waals surface area contributed by atoms with Gasteiger partial charge in [-0.2, -0.15) is 5.10 Å². The predicted molar refractivity (Wildman–Crippen MR) is 90.4 cm³/mol. The van der Waals surface area contributed by atoms with Crippen molar-refractivity contribution in [3.8, 4) is 0 Å². The van der Waals surface area contributed by atoms with Crippen LogP contribution in [-0.2, 0) is 0 Å². The van der Waals surface area contributed by atoms with Gasteiger partial charge in [-0.15, -0.1) is 16.4 Å². The van der Waals surface area contributed by atoms with Gasteiger partial charge >= 0.3 is 0 Å². The van der Waals surface area contributed by atoms with E-state index < -0.39 is 0 Å². The maximum absolute atomic E-state index is 4.43. The van der Waals surface area contributed by atoms with Crippen LogP contribution >= 0.6 is 11.3 Å². The van der Waals surface area contributed by atoms with Crippen molar-refractivity contribution in [3.63, 3.8) is 0 Å². The number of benzene rings is 2. The molecular formula is C18H14N2S. The molecule has 0 aliphatic carbocycles. The molecule has 0 aliphatic heterocycles. The number of hydrogen-bond donors (Lipinski definition) is 0. The van der Waals surface area contributed by atoms with E-state index in [0.717, 1.165) is 21.7 Å². The minimum Gasteiger partial charge on any atom is -0.157 e. The van der Waals surface area contributed by atoms with Crippen LogP contribution < -0.4 is 0 Å². The second-order valence-electron chi connectivity index (χ2n) is 4.44. The summed E-state index contributed by atoms with van der Waals surface area (Å²) in [5, 5.41) is 10.7. The van der Waals surface area contributed by atoms with E-state index in [1.807, 2.05) is 78.2 Å². The molecule has 0 spiro atoms. The summed E-state index contributed by atoms with van der Waals surface area (Å²) in [6.45, 7) is 0. The molecule has 0 unspecified atom stereocenters. The number of nitrogens with zero attached hydrogens (tertiary/aromatic N) is 2. The minimum atomic E-state index is 0.879. The molecule has 0 bridgehead atoms. The first-order valence-corrected chi connectivity index (χ1v) is 7.57. The monoisotopic (exact) mass is 290 g/mol. The fraction of sp³-hybridized carbons (Fsp3) is 0. The highest BCUT2D eigenvalue weighted by molar-refractivity contribution is 7.11. The van der Waals surface area contributed by atoms with Crippen LogP contribution in [-0.4, -0.2) is 11.9 Å². The molecular weight excluding hydrogens is 276 g/mol. The summed E-state index contributed by atoms with van der Waals surface area (Å²) >= 11 is 1.65. The highest BCUT2D eigenvalue weighted by atomic mass is 32.1. The Bertz CT molecular complexity index is 688. The van der Waals surface area contributed by atoms with Crippen LogP contribution in [0.5, 0.6) is 0 Å². The van der Waals surface area contributed by atoms with Crippen LogP contribution in [0.2, 0.25) is 0 Å². The lowest BCUT2D eigenvalue weighted by Crippen LogP contribution is -2.02. The lowest BCUT2D eigenvalue weighted by atomic mass is 10.0. The number of thiophene rings is 1. The Morgan fingerprint density at radius 1 is 0.762 bits per heavy atom. The van der Waals surface area contributed by atoms with E-state index in [1.165, 1.54) is 0 Å². The van der Waals surface area contributed by atoms with Crippen molar-refractivity contribution >= 4 is 23.3 Å². The van der Waals surface area contributed by atoms with Crippen LogP contribution in [0.25, 0.3) is 0 Å². The molecule has 21 heavy (non-hydrogen) atoms. The van der Waals surface area contributed by atoms with Crippen LogP contribution in [0.15, 0.2) is 88.4 Å². The van der Waals surface area contributed by atoms with Gasteiger partial charge in [0.25, 0.3) is 0 Å². The Balaban J connectivity index is 1.97. The Kier molecular flexibility index (Phi) is 4.34. The van der Waals surface area contributed by atoms with Gasteiger partial charge < -0.3 is 0 Å². The highest BCUT2D eigenvalue weighted by Gasteiger charge is 2.05. The molecule has 1 heterocycles. The summed E-state index contributed by atoms with van der Waals surface area (Å²) in [5.74, 6) is 0. The van der Waals surface area contributed by atoms with Gasteiger partial charge in [0.1, 0.15) is 5.71 Å². The zero-order valence-electron chi connectivity index (χ0n) is 11.4. The quantitative estimate of drug-likeness (QED) is 0.495. The van der Waals surface area contributed by atoms with Crippen molar-refractivity contribution in [1.82, 2.24) is 0 Å². The summed E-state index contributed by atoms with van der Waals surface area (Å²) < 4.78 is 0. The fourth-order valence-corrected chi connectivity index (χ4v) is 2.56. The molecule has 0 atom stereocenters. The lowest BCUT2D eigenvalue weighted by molar-refractivity contribution is 1.25. The molecule has 0 saturated heterocycles. The zero-order chi connectivity index (χ0) is 14.3. The summed E-state index contributed by atoms with van der Waals surface area (Å²) in [6.07, 6.45) is 1.79. The van der Waals surface area contributed by atoms with Gasteiger partial charge in [0.2, 0.25) is 0 Å². The van der Waals surface area contributed by atoms with E-state index in [-0.39, 0.29) is 0 Å². The third-order valence-electron chi connectivity index (χ3n) is 2.98. The van der Waals surface area contributed by atoms with Crippen molar-refractivity contribution in [3.05, 3.63) is 94.2 Å². The van der Waals surface area contributed by atoms with Gasteiger partial charge in [0, 0.05) is 16.0 Å². The second-order valence-corrected chi connectivity index (χ2v) is 5.42. The van der Waals surface area contributed by atoms with E-state index in [4.69, 9.17) is 0 Å². The molecule has 0 amide bonds. The first-order chi connectivity index (χ1) is 10.4. The first-order valence-electron chi connectivity index (χ1n) is 6.69. The molecule has 3 heteroatoms. The molecule has 3 rings (SSSR count). The smallest absolute Gasteiger partial charge is 0.100 e. The molecule has 1 aromatic heterocycles. The van der Waals surface area contributed by atoms with Crippen molar-refractivity contribution in [2.24, 2.45) is 10.2 Å². The van der Waals surface area contributed by atoms with Crippen LogP contribution in [0.1, 0.15) is 16.0 Å². The van der Waals surface area contributed by atoms with E-state index in [1.54, 1.807) is 17.6 Å². The Morgan fingerprint density at radius 2 is 1.38 bits per heavy atom. The van der Waals surface area contributed by atoms with Gasteiger partial charge in [0.15, 0.2) is 0 Å². The largest absolute Gasteiger partial charge is 0.157 e. The van der Waals surface area contributed by atoms with E-state index in [2.05, 4.69) is 10.2 Å². The van der Waals surface area contributed by atoms with Crippen molar-refractivity contribution in [2.45, 2.75) is 0 Å². The van der Waals surface area contributed by atoms with Crippen molar-refractivity contribution in [1.29, 1.82) is 0 Å². The van der Waals surface area contributed by atoms with Gasteiger partial charge in [-0.3, -0.25) is 0 Å². The lowest BCUT2D eigenvalue weighted by Gasteiger charge is -2.04. The number of rotatable bonds is 4. The van der Waals surface area contributed by atoms with Gasteiger partial charge in [-0.25, -0.2) is 0 Å². The van der Waals surface area contributed by atoms with Gasteiger partial charge in [-0.05, 0) is 11.4 Å². The molecule has 2 nitrogen and oxygen atoms in total. The van der Waals surface area contributed by atoms with Crippen LogP contribution in [0.4, 0.5) is 0 Å². The van der Waals surface area contributed by atoms with E-state index in [9.17, 15) is 0 Å². The zero-order valence-corrected chi connectivity index (χ0v) is 12.2. The Labute approximate surface area is 128 Å². The van der Waals surface area contributed by atoms with Crippen molar-refractivity contribution in [2.75, 3.05) is 0 Å². The fourth-order valence-electron chi connectivity index (χ4n) is 1.98. The average molecular weight is 290 g/mol. The third kappa shape index (κ3) is 3.52. The SMILES string of the molecule is C(=N\N=C(c1ccccc1)c1ccccc1)/c1cccs1. The Morgan fingerprint density at radius 3 is 1.90 bits per heavy atom. The topological polar surface area (TPSA) is 24.7 Å². The standard InChI is InChI=1S/C18H14N2S/c1-3-8-15(9-4-1)18(16-10-5-2-6-11-16)20-19-14-17-12-7-13-21-17/h1-14H/b19-14+. The second kappa shape index (κ2) is 6.77. The first kappa shape index (κ1) is 13.5. The molecule has 0 radical (unpaired) electrons. The highest BCUT2D eigenvalue weighted by Crippen LogP contribution is 2.11. The molecule has 0 saturated carbocycles. The Hall–Kier alpha value is -2.52. The van der Waals surface area contributed by atoms with Crippen LogP contribution in [0.3, 0.4) is 0 Å². The summed E-state index contributed by atoms with van der Waals surface area (Å²) in [7, 11) is 0. The molecule has 3 aromatic rings. The van der Waals surface area contributed by atoms with E-state index >= 15 is 0 Å². The summed E-state index contributed by atoms with van der Waals surface area (Å²) in [5.41, 5.74) is 3.00. The minimum absolute atomic E-state index is 0.879. The molecule has 0 fully saturated rings. The van der Waals surface area contributed by atoms with Crippen LogP contribution in [0, 0.1) is 0 Å². The normalized spacial score (nSPS) is 10.7. The average Bonchev–Trinajstić information content (AvgIpc) is 3.07.